The van der Waals surface area contributed by atoms with Gasteiger partial charge in [-0.05, 0) is 12.3 Å². The Morgan fingerprint density at radius 2 is 1.94 bits per heavy atom. The summed E-state index contributed by atoms with van der Waals surface area (Å²) < 4.78 is 10.3. The first-order valence-corrected chi connectivity index (χ1v) is 6.04. The Bertz CT molecular complexity index is 391. The number of rotatable bonds is 4. The lowest BCUT2D eigenvalue weighted by molar-refractivity contribution is 0.243. The van der Waals surface area contributed by atoms with Crippen molar-refractivity contribution in [3.05, 3.63) is 6.07 Å². The van der Waals surface area contributed by atoms with Crippen LogP contribution in [0.1, 0.15) is 13.3 Å². The van der Waals surface area contributed by atoms with Crippen LogP contribution in [0.5, 0.6) is 11.8 Å². The van der Waals surface area contributed by atoms with E-state index in [2.05, 4.69) is 16.9 Å². The fourth-order valence-corrected chi connectivity index (χ4v) is 2.26. The van der Waals surface area contributed by atoms with Crippen LogP contribution in [0.3, 0.4) is 0 Å². The van der Waals surface area contributed by atoms with E-state index < -0.39 is 0 Å². The summed E-state index contributed by atoms with van der Waals surface area (Å²) in [6, 6.07) is 1.69. The highest BCUT2D eigenvalue weighted by atomic mass is 16.5. The Morgan fingerprint density at radius 1 is 1.33 bits per heavy atom. The molecule has 0 spiro atoms. The summed E-state index contributed by atoms with van der Waals surface area (Å²) in [5, 5.41) is 9.46. The lowest BCUT2D eigenvalue weighted by Gasteiger charge is -2.25. The fourth-order valence-electron chi connectivity index (χ4n) is 2.26. The predicted molar refractivity (Wildman–Crippen MR) is 67.1 cm³/mol. The van der Waals surface area contributed by atoms with E-state index in [9.17, 15) is 5.11 Å². The minimum Gasteiger partial charge on any atom is -0.481 e. The monoisotopic (exact) mass is 253 g/mol. The zero-order chi connectivity index (χ0) is 13.1. The normalized spacial score (nSPS) is 23.2. The van der Waals surface area contributed by atoms with Crippen LogP contribution in [0.15, 0.2) is 6.07 Å². The summed E-state index contributed by atoms with van der Waals surface area (Å²) in [4.78, 5) is 10.6. The van der Waals surface area contributed by atoms with Gasteiger partial charge in [0.05, 0.1) is 32.9 Å². The van der Waals surface area contributed by atoms with Crippen molar-refractivity contribution < 1.29 is 14.6 Å². The van der Waals surface area contributed by atoms with Gasteiger partial charge >= 0.3 is 0 Å². The molecule has 1 aliphatic heterocycles. The molecule has 0 aromatic carbocycles. The molecule has 0 bridgehead atoms. The second-order valence-corrected chi connectivity index (χ2v) is 4.46. The number of nitrogens with zero attached hydrogens (tertiary/aromatic N) is 3. The maximum absolute atomic E-state index is 9.46. The van der Waals surface area contributed by atoms with Gasteiger partial charge in [-0.3, -0.25) is 0 Å². The van der Waals surface area contributed by atoms with E-state index in [0.29, 0.717) is 23.6 Å². The van der Waals surface area contributed by atoms with Gasteiger partial charge in [0.1, 0.15) is 0 Å². The standard InChI is InChI=1S/C12H19N3O3/c1-8-4-5-15(9(8)7-16)12-13-10(17-2)6-11(14-12)18-3/h6,8-9,16H,4-5,7H2,1-3H3. The van der Waals surface area contributed by atoms with Crippen molar-refractivity contribution in [3.63, 3.8) is 0 Å². The minimum atomic E-state index is 0.0572. The Morgan fingerprint density at radius 3 is 2.44 bits per heavy atom. The van der Waals surface area contributed by atoms with Crippen molar-refractivity contribution in [1.82, 2.24) is 9.97 Å². The molecule has 1 aromatic heterocycles. The van der Waals surface area contributed by atoms with Crippen LogP contribution >= 0.6 is 0 Å². The van der Waals surface area contributed by atoms with E-state index in [-0.39, 0.29) is 12.6 Å². The van der Waals surface area contributed by atoms with Crippen molar-refractivity contribution in [2.75, 3.05) is 32.3 Å². The third-order valence-corrected chi connectivity index (χ3v) is 3.41. The van der Waals surface area contributed by atoms with Crippen molar-refractivity contribution in [2.45, 2.75) is 19.4 Å². The number of aliphatic hydroxyl groups excluding tert-OH is 1. The summed E-state index contributed by atoms with van der Waals surface area (Å²) >= 11 is 0. The van der Waals surface area contributed by atoms with Crippen molar-refractivity contribution in [1.29, 1.82) is 0 Å². The van der Waals surface area contributed by atoms with Crippen LogP contribution < -0.4 is 14.4 Å². The highest BCUT2D eigenvalue weighted by Crippen LogP contribution is 2.29. The van der Waals surface area contributed by atoms with E-state index in [4.69, 9.17) is 9.47 Å². The maximum atomic E-state index is 9.46. The number of hydrogen-bond donors (Lipinski definition) is 1. The predicted octanol–water partition coefficient (Wildman–Crippen LogP) is 0.701. The van der Waals surface area contributed by atoms with Crippen LogP contribution in [-0.4, -0.2) is 48.5 Å². The molecule has 100 valence electrons. The van der Waals surface area contributed by atoms with E-state index in [1.165, 1.54) is 0 Å². The average Bonchev–Trinajstić information content (AvgIpc) is 2.79. The smallest absolute Gasteiger partial charge is 0.232 e. The molecule has 0 saturated carbocycles. The number of ether oxygens (including phenoxy) is 2. The molecule has 2 rings (SSSR count). The second kappa shape index (κ2) is 5.39. The topological polar surface area (TPSA) is 67.7 Å². The Kier molecular flexibility index (Phi) is 3.86. The molecule has 1 N–H and O–H groups in total. The van der Waals surface area contributed by atoms with Gasteiger partial charge < -0.3 is 19.5 Å². The molecule has 6 nitrogen and oxygen atoms in total. The molecule has 6 heteroatoms. The van der Waals surface area contributed by atoms with Gasteiger partial charge in [0.2, 0.25) is 17.7 Å². The number of aliphatic hydroxyl groups is 1. The molecule has 1 fully saturated rings. The minimum absolute atomic E-state index is 0.0572. The van der Waals surface area contributed by atoms with Gasteiger partial charge in [-0.2, -0.15) is 9.97 Å². The average molecular weight is 253 g/mol. The largest absolute Gasteiger partial charge is 0.481 e. The van der Waals surface area contributed by atoms with Crippen LogP contribution in [0.4, 0.5) is 5.95 Å². The van der Waals surface area contributed by atoms with Crippen molar-refractivity contribution >= 4 is 5.95 Å². The molecule has 2 unspecified atom stereocenters. The van der Waals surface area contributed by atoms with E-state index in [0.717, 1.165) is 13.0 Å². The first kappa shape index (κ1) is 12.9. The quantitative estimate of drug-likeness (QED) is 0.852. The van der Waals surface area contributed by atoms with Gasteiger partial charge in [0, 0.05) is 6.54 Å². The van der Waals surface area contributed by atoms with Gasteiger partial charge in [0.15, 0.2) is 0 Å². The lowest BCUT2D eigenvalue weighted by Crippen LogP contribution is -2.36. The molecular formula is C12H19N3O3. The van der Waals surface area contributed by atoms with Gasteiger partial charge in [-0.15, -0.1) is 0 Å². The first-order chi connectivity index (χ1) is 8.69. The van der Waals surface area contributed by atoms with Gasteiger partial charge in [0.25, 0.3) is 0 Å². The van der Waals surface area contributed by atoms with Crippen molar-refractivity contribution in [3.8, 4) is 11.8 Å². The van der Waals surface area contributed by atoms with E-state index in [1.807, 2.05) is 4.90 Å². The van der Waals surface area contributed by atoms with Crippen LogP contribution in [-0.2, 0) is 0 Å². The number of methoxy groups -OCH3 is 2. The van der Waals surface area contributed by atoms with Gasteiger partial charge in [-0.25, -0.2) is 0 Å². The first-order valence-electron chi connectivity index (χ1n) is 6.04. The molecule has 2 heterocycles. The second-order valence-electron chi connectivity index (χ2n) is 4.46. The zero-order valence-corrected chi connectivity index (χ0v) is 11.0. The van der Waals surface area contributed by atoms with Gasteiger partial charge in [-0.1, -0.05) is 6.92 Å². The number of aromatic nitrogens is 2. The fraction of sp³-hybridized carbons (Fsp3) is 0.667. The summed E-state index contributed by atoms with van der Waals surface area (Å²) in [7, 11) is 3.11. The van der Waals surface area contributed by atoms with E-state index >= 15 is 0 Å². The molecule has 0 amide bonds. The SMILES string of the molecule is COc1cc(OC)nc(N2CCC(C)C2CO)n1. The summed E-state index contributed by atoms with van der Waals surface area (Å²) in [6.45, 7) is 3.06. The highest BCUT2D eigenvalue weighted by molar-refractivity contribution is 5.39. The molecule has 0 aliphatic carbocycles. The Hall–Kier alpha value is -1.56. The Labute approximate surface area is 107 Å². The molecule has 1 aliphatic rings. The van der Waals surface area contributed by atoms with Crippen LogP contribution in [0, 0.1) is 5.92 Å². The maximum Gasteiger partial charge on any atom is 0.232 e. The Balaban J connectivity index is 2.32. The molecule has 0 radical (unpaired) electrons. The summed E-state index contributed by atoms with van der Waals surface area (Å²) in [6.07, 6.45) is 1.02. The molecular weight excluding hydrogens is 234 g/mol. The van der Waals surface area contributed by atoms with Crippen LogP contribution in [0.2, 0.25) is 0 Å². The lowest BCUT2D eigenvalue weighted by atomic mass is 10.0. The third kappa shape index (κ3) is 2.33. The molecule has 1 aromatic rings. The zero-order valence-electron chi connectivity index (χ0n) is 11.0. The highest BCUT2D eigenvalue weighted by Gasteiger charge is 2.32. The van der Waals surface area contributed by atoms with Crippen molar-refractivity contribution in [2.24, 2.45) is 5.92 Å². The van der Waals surface area contributed by atoms with Crippen LogP contribution in [0.25, 0.3) is 0 Å². The number of hydrogen-bond acceptors (Lipinski definition) is 6. The molecule has 1 saturated heterocycles. The summed E-state index contributed by atoms with van der Waals surface area (Å²) in [5.41, 5.74) is 0. The molecule has 2 atom stereocenters. The third-order valence-electron chi connectivity index (χ3n) is 3.41. The number of anilines is 1. The summed E-state index contributed by atoms with van der Waals surface area (Å²) in [5.74, 6) is 1.91. The molecule has 18 heavy (non-hydrogen) atoms. The van der Waals surface area contributed by atoms with E-state index in [1.54, 1.807) is 20.3 Å².